The van der Waals surface area contributed by atoms with Crippen molar-refractivity contribution in [3.05, 3.63) is 83.6 Å². The third kappa shape index (κ3) is 4.58. The van der Waals surface area contributed by atoms with E-state index in [1.807, 2.05) is 48.0 Å². The number of nitrogens with one attached hydrogen (secondary N) is 2. The molecule has 2 amide bonds. The van der Waals surface area contributed by atoms with E-state index in [1.165, 1.54) is 11.3 Å². The number of fused-ring (bicyclic) bond motifs is 2. The predicted octanol–water partition coefficient (Wildman–Crippen LogP) is 6.01. The number of aryl methyl sites for hydroxylation is 1. The third-order valence-electron chi connectivity index (χ3n) is 6.58. The van der Waals surface area contributed by atoms with E-state index in [9.17, 15) is 18.4 Å². The Labute approximate surface area is 214 Å². The van der Waals surface area contributed by atoms with Crippen LogP contribution in [0, 0.1) is 17.6 Å². The lowest BCUT2D eigenvalue weighted by Crippen LogP contribution is -2.23. The number of halogens is 2. The molecule has 2 heterocycles. The minimum Gasteiger partial charge on any atom is -0.350 e. The molecule has 2 aromatic heterocycles. The minimum atomic E-state index is -0.573. The number of carbonyl (C=O) groups excluding carboxylic acids is 2. The SMILES string of the molecule is Cn1cc(C(=O)NCc2cc(F)ccc2F)c2cc(-c3ccc4nc(NC(=O)C5CC5)sc4c3)ccc21. The lowest BCUT2D eigenvalue weighted by atomic mass is 10.0. The first kappa shape index (κ1) is 23.3. The van der Waals surface area contributed by atoms with Gasteiger partial charge in [0.05, 0.1) is 15.8 Å². The molecule has 186 valence electrons. The van der Waals surface area contributed by atoms with E-state index in [2.05, 4.69) is 15.6 Å². The summed E-state index contributed by atoms with van der Waals surface area (Å²) in [5.41, 5.74) is 4.08. The van der Waals surface area contributed by atoms with Gasteiger partial charge in [-0.15, -0.1) is 0 Å². The Hall–Kier alpha value is -4.11. The summed E-state index contributed by atoms with van der Waals surface area (Å²) in [6, 6.07) is 15.0. The molecule has 0 atom stereocenters. The molecule has 1 fully saturated rings. The van der Waals surface area contributed by atoms with Crippen LogP contribution in [0.5, 0.6) is 0 Å². The van der Waals surface area contributed by atoms with Crippen LogP contribution in [0.1, 0.15) is 28.8 Å². The molecular weight excluding hydrogens is 494 g/mol. The van der Waals surface area contributed by atoms with Crippen LogP contribution in [0.2, 0.25) is 0 Å². The van der Waals surface area contributed by atoms with Crippen LogP contribution in [0.25, 0.3) is 32.2 Å². The van der Waals surface area contributed by atoms with Crippen molar-refractivity contribution in [2.45, 2.75) is 19.4 Å². The van der Waals surface area contributed by atoms with E-state index < -0.39 is 11.6 Å². The molecule has 1 aliphatic carbocycles. The normalized spacial score (nSPS) is 13.3. The smallest absolute Gasteiger partial charge is 0.253 e. The summed E-state index contributed by atoms with van der Waals surface area (Å²) < 4.78 is 30.3. The Kier molecular flexibility index (Phi) is 5.72. The standard InChI is InChI=1S/C28H22F2N4O2S/c1-34-14-21(27(36)31-13-18-10-19(29)6-7-22(18)30)20-11-16(5-9-24(20)34)17-4-8-23-25(12-17)37-28(32-23)33-26(35)15-2-3-15/h4-12,14-15H,2-3,13H2,1H3,(H,31,36)(H,32,33,35). The molecular formula is C28H22F2N4O2S. The number of nitrogens with zero attached hydrogens (tertiary/aromatic N) is 2. The molecule has 0 bridgehead atoms. The van der Waals surface area contributed by atoms with E-state index in [0.29, 0.717) is 10.7 Å². The molecule has 0 spiro atoms. The molecule has 6 rings (SSSR count). The highest BCUT2D eigenvalue weighted by molar-refractivity contribution is 7.22. The van der Waals surface area contributed by atoms with Crippen LogP contribution >= 0.6 is 11.3 Å². The van der Waals surface area contributed by atoms with Crippen molar-refractivity contribution in [1.29, 1.82) is 0 Å². The lowest BCUT2D eigenvalue weighted by Gasteiger charge is -2.07. The van der Waals surface area contributed by atoms with Crippen molar-refractivity contribution in [1.82, 2.24) is 14.9 Å². The maximum Gasteiger partial charge on any atom is 0.253 e. The summed E-state index contributed by atoms with van der Waals surface area (Å²) in [7, 11) is 1.85. The second-order valence-corrected chi connectivity index (χ2v) is 10.3. The number of amides is 2. The van der Waals surface area contributed by atoms with Crippen molar-refractivity contribution in [2.75, 3.05) is 5.32 Å². The average molecular weight is 517 g/mol. The summed E-state index contributed by atoms with van der Waals surface area (Å²) in [5.74, 6) is -1.37. The topological polar surface area (TPSA) is 76.0 Å². The number of hydrogen-bond donors (Lipinski definition) is 2. The zero-order valence-corrected chi connectivity index (χ0v) is 20.7. The summed E-state index contributed by atoms with van der Waals surface area (Å²) in [4.78, 5) is 29.6. The lowest BCUT2D eigenvalue weighted by molar-refractivity contribution is -0.117. The van der Waals surface area contributed by atoms with Crippen molar-refractivity contribution in [3.8, 4) is 11.1 Å². The van der Waals surface area contributed by atoms with E-state index in [0.717, 1.165) is 63.3 Å². The van der Waals surface area contributed by atoms with Crippen molar-refractivity contribution in [2.24, 2.45) is 13.0 Å². The predicted molar refractivity (Wildman–Crippen MR) is 140 cm³/mol. The van der Waals surface area contributed by atoms with Gasteiger partial charge in [-0.2, -0.15) is 0 Å². The number of carbonyl (C=O) groups is 2. The molecule has 0 aliphatic heterocycles. The second kappa shape index (κ2) is 9.08. The second-order valence-electron chi connectivity index (χ2n) is 9.27. The Balaban J connectivity index is 1.28. The van der Waals surface area contributed by atoms with Gasteiger partial charge < -0.3 is 15.2 Å². The zero-order chi connectivity index (χ0) is 25.7. The van der Waals surface area contributed by atoms with Crippen LogP contribution < -0.4 is 10.6 Å². The summed E-state index contributed by atoms with van der Waals surface area (Å²) >= 11 is 1.43. The highest BCUT2D eigenvalue weighted by Gasteiger charge is 2.30. The summed E-state index contributed by atoms with van der Waals surface area (Å²) in [6.07, 6.45) is 3.60. The zero-order valence-electron chi connectivity index (χ0n) is 19.8. The molecule has 3 aromatic carbocycles. The van der Waals surface area contributed by atoms with Gasteiger partial charge in [0.2, 0.25) is 5.91 Å². The van der Waals surface area contributed by atoms with Gasteiger partial charge in [0.25, 0.3) is 5.91 Å². The molecule has 1 aliphatic rings. The van der Waals surface area contributed by atoms with E-state index in [4.69, 9.17) is 0 Å². The van der Waals surface area contributed by atoms with Gasteiger partial charge in [-0.3, -0.25) is 9.59 Å². The van der Waals surface area contributed by atoms with Gasteiger partial charge in [-0.25, -0.2) is 13.8 Å². The van der Waals surface area contributed by atoms with Gasteiger partial charge in [-0.05, 0) is 66.4 Å². The Bertz CT molecular complexity index is 1700. The van der Waals surface area contributed by atoms with E-state index in [1.54, 1.807) is 6.20 Å². The highest BCUT2D eigenvalue weighted by Crippen LogP contribution is 2.35. The van der Waals surface area contributed by atoms with E-state index >= 15 is 0 Å². The highest BCUT2D eigenvalue weighted by atomic mass is 32.1. The quantitative estimate of drug-likeness (QED) is 0.290. The molecule has 6 nitrogen and oxygen atoms in total. The van der Waals surface area contributed by atoms with Gasteiger partial charge in [0, 0.05) is 42.2 Å². The van der Waals surface area contributed by atoms with E-state index in [-0.39, 0.29) is 29.8 Å². The maximum atomic E-state index is 14.0. The number of thiazole rings is 1. The number of anilines is 1. The Morgan fingerprint density at radius 2 is 1.84 bits per heavy atom. The van der Waals surface area contributed by atoms with Gasteiger partial charge >= 0.3 is 0 Å². The van der Waals surface area contributed by atoms with Crippen LogP contribution in [0.15, 0.2) is 60.8 Å². The fraction of sp³-hybridized carbons (Fsp3) is 0.179. The molecule has 5 aromatic rings. The minimum absolute atomic E-state index is 0.0275. The monoisotopic (exact) mass is 516 g/mol. The van der Waals surface area contributed by atoms with Crippen LogP contribution in [-0.4, -0.2) is 21.4 Å². The fourth-order valence-corrected chi connectivity index (χ4v) is 5.32. The molecule has 9 heteroatoms. The number of aromatic nitrogens is 2. The average Bonchev–Trinajstić information content (AvgIpc) is 3.59. The first-order valence-corrected chi connectivity index (χ1v) is 12.7. The first-order chi connectivity index (χ1) is 17.9. The number of benzene rings is 3. The molecule has 1 saturated carbocycles. The Morgan fingerprint density at radius 3 is 2.65 bits per heavy atom. The molecule has 37 heavy (non-hydrogen) atoms. The van der Waals surface area contributed by atoms with Crippen molar-refractivity contribution < 1.29 is 18.4 Å². The van der Waals surface area contributed by atoms with Gasteiger partial charge in [-0.1, -0.05) is 23.5 Å². The first-order valence-electron chi connectivity index (χ1n) is 11.9. The molecule has 0 radical (unpaired) electrons. The Morgan fingerprint density at radius 1 is 1.05 bits per heavy atom. The van der Waals surface area contributed by atoms with Crippen LogP contribution in [0.4, 0.5) is 13.9 Å². The molecule has 2 N–H and O–H groups in total. The van der Waals surface area contributed by atoms with Gasteiger partial charge in [0.15, 0.2) is 5.13 Å². The molecule has 0 unspecified atom stereocenters. The summed E-state index contributed by atoms with van der Waals surface area (Å²) in [5, 5.41) is 6.95. The molecule has 0 saturated heterocycles. The van der Waals surface area contributed by atoms with Crippen LogP contribution in [-0.2, 0) is 18.4 Å². The number of rotatable bonds is 6. The van der Waals surface area contributed by atoms with Crippen LogP contribution in [0.3, 0.4) is 0 Å². The number of hydrogen-bond acceptors (Lipinski definition) is 4. The van der Waals surface area contributed by atoms with Crippen molar-refractivity contribution >= 4 is 49.4 Å². The van der Waals surface area contributed by atoms with Gasteiger partial charge in [0.1, 0.15) is 11.6 Å². The largest absolute Gasteiger partial charge is 0.350 e. The maximum absolute atomic E-state index is 14.0. The van der Waals surface area contributed by atoms with Crippen molar-refractivity contribution in [3.63, 3.8) is 0 Å². The fourth-order valence-electron chi connectivity index (χ4n) is 4.41. The summed E-state index contributed by atoms with van der Waals surface area (Å²) in [6.45, 7) is -0.125. The third-order valence-corrected chi connectivity index (χ3v) is 7.51.